The molecule has 1 aliphatic rings. The number of rotatable bonds is 1. The molecule has 0 spiro atoms. The summed E-state index contributed by atoms with van der Waals surface area (Å²) >= 11 is 0. The van der Waals surface area contributed by atoms with Crippen molar-refractivity contribution in [2.24, 2.45) is 0 Å². The fraction of sp³-hybridized carbons (Fsp3) is 0.750. The van der Waals surface area contributed by atoms with Gasteiger partial charge >= 0.3 is 0 Å². The molecule has 0 amide bonds. The molecule has 1 unspecified atom stereocenters. The van der Waals surface area contributed by atoms with E-state index < -0.39 is 0 Å². The van der Waals surface area contributed by atoms with Crippen LogP contribution in [0.5, 0.6) is 0 Å². The Hall–Kier alpha value is -0.550. The molecule has 1 fully saturated rings. The van der Waals surface area contributed by atoms with E-state index in [2.05, 4.69) is 4.85 Å². The van der Waals surface area contributed by atoms with Crippen LogP contribution in [-0.4, -0.2) is 19.3 Å². The summed E-state index contributed by atoms with van der Waals surface area (Å²) < 4.78 is 4.78. The molecule has 2 nitrogen and oxygen atoms in total. The lowest BCUT2D eigenvalue weighted by atomic mass is 10.5. The van der Waals surface area contributed by atoms with Crippen LogP contribution in [0, 0.1) is 6.57 Å². The first kappa shape index (κ1) is 3.63. The second-order valence-corrected chi connectivity index (χ2v) is 1.32. The first-order valence-corrected chi connectivity index (χ1v) is 1.92. The van der Waals surface area contributed by atoms with Gasteiger partial charge in [-0.15, -0.1) is 0 Å². The van der Waals surface area contributed by atoms with E-state index in [1.54, 1.807) is 0 Å². The molecule has 0 aromatic carbocycles. The van der Waals surface area contributed by atoms with Crippen molar-refractivity contribution >= 4 is 0 Å². The highest BCUT2D eigenvalue weighted by molar-refractivity contribution is 4.80. The molecule has 2 heteroatoms. The van der Waals surface area contributed by atoms with E-state index in [-0.39, 0.29) is 0 Å². The Bertz CT molecular complexity index is 80.0. The van der Waals surface area contributed by atoms with Gasteiger partial charge in [0, 0.05) is 0 Å². The number of hydrogen-bond acceptors (Lipinski definition) is 1. The summed E-state index contributed by atoms with van der Waals surface area (Å²) in [4.78, 5) is 3.37. The maximum atomic E-state index is 4.81. The normalized spacial score (nSPS) is 28.8. The molecule has 1 heterocycles. The standard InChI is InChI=1S/C4H6NO/c1-5-2-4-3-6-4/h1,4H,2-3H2/q+1. The van der Waals surface area contributed by atoms with Crippen LogP contribution in [0.15, 0.2) is 0 Å². The average Bonchev–Trinajstić information content (AvgIpc) is 2.21. The van der Waals surface area contributed by atoms with Gasteiger partial charge in [0.05, 0.1) is 6.61 Å². The van der Waals surface area contributed by atoms with E-state index in [1.165, 1.54) is 0 Å². The van der Waals surface area contributed by atoms with Gasteiger partial charge in [0.1, 0.15) is 0 Å². The van der Waals surface area contributed by atoms with Crippen molar-refractivity contribution in [2.45, 2.75) is 6.10 Å². The van der Waals surface area contributed by atoms with Crippen molar-refractivity contribution in [1.82, 2.24) is 0 Å². The molecule has 0 radical (unpaired) electrons. The molecule has 0 saturated carbocycles. The van der Waals surface area contributed by atoms with Crippen LogP contribution in [0.3, 0.4) is 0 Å². The third-order valence-electron chi connectivity index (χ3n) is 0.711. The van der Waals surface area contributed by atoms with Crippen LogP contribution in [0.1, 0.15) is 0 Å². The molecule has 6 heavy (non-hydrogen) atoms. The Morgan fingerprint density at radius 3 is 2.83 bits per heavy atom. The van der Waals surface area contributed by atoms with E-state index in [1.807, 2.05) is 0 Å². The lowest BCUT2D eigenvalue weighted by Gasteiger charge is -1.59. The highest BCUT2D eigenvalue weighted by atomic mass is 16.6. The Balaban J connectivity index is 2.05. The summed E-state index contributed by atoms with van der Waals surface area (Å²) in [7, 11) is 0. The lowest BCUT2D eigenvalue weighted by molar-refractivity contribution is 0.420. The molecule has 1 atom stereocenters. The van der Waals surface area contributed by atoms with Gasteiger partial charge in [0.25, 0.3) is 13.1 Å². The fourth-order valence-electron chi connectivity index (χ4n) is 0.291. The van der Waals surface area contributed by atoms with Crippen molar-refractivity contribution in [3.8, 4) is 6.57 Å². The SMILES string of the molecule is C#[N+]CC1CO1. The largest absolute Gasteiger partial charge is 0.365 e. The second-order valence-electron chi connectivity index (χ2n) is 1.32. The molecule has 32 valence electrons. The fourth-order valence-corrected chi connectivity index (χ4v) is 0.291. The van der Waals surface area contributed by atoms with Crippen molar-refractivity contribution in [3.05, 3.63) is 4.85 Å². The summed E-state index contributed by atoms with van der Waals surface area (Å²) in [6.07, 6.45) is 0.356. The topological polar surface area (TPSA) is 16.9 Å². The van der Waals surface area contributed by atoms with Crippen molar-refractivity contribution < 1.29 is 4.74 Å². The van der Waals surface area contributed by atoms with E-state index in [4.69, 9.17) is 11.3 Å². The van der Waals surface area contributed by atoms with Crippen molar-refractivity contribution in [2.75, 3.05) is 13.2 Å². The van der Waals surface area contributed by atoms with Crippen LogP contribution in [0.2, 0.25) is 0 Å². The Morgan fingerprint density at radius 1 is 2.00 bits per heavy atom. The minimum atomic E-state index is 0.356. The van der Waals surface area contributed by atoms with Gasteiger partial charge in [0.15, 0.2) is 6.10 Å². The summed E-state index contributed by atoms with van der Waals surface area (Å²) in [5.41, 5.74) is 0. The minimum Gasteiger partial charge on any atom is -0.365 e. The molecule has 0 aliphatic carbocycles. The van der Waals surface area contributed by atoms with Crippen molar-refractivity contribution in [3.63, 3.8) is 0 Å². The van der Waals surface area contributed by atoms with Crippen molar-refractivity contribution in [1.29, 1.82) is 0 Å². The first-order chi connectivity index (χ1) is 2.93. The molecule has 1 rings (SSSR count). The zero-order valence-electron chi connectivity index (χ0n) is 3.42. The molecule has 0 N–H and O–H groups in total. The van der Waals surface area contributed by atoms with Crippen LogP contribution < -0.4 is 0 Å². The Labute approximate surface area is 36.5 Å². The van der Waals surface area contributed by atoms with Gasteiger partial charge in [-0.1, -0.05) is 4.85 Å². The molecule has 1 aliphatic heterocycles. The minimum absolute atomic E-state index is 0.356. The quantitative estimate of drug-likeness (QED) is 0.419. The summed E-state index contributed by atoms with van der Waals surface area (Å²) in [5, 5.41) is 0. The highest BCUT2D eigenvalue weighted by Gasteiger charge is 2.26. The highest BCUT2D eigenvalue weighted by Crippen LogP contribution is 2.07. The van der Waals surface area contributed by atoms with Gasteiger partial charge in [-0.25, -0.2) is 0 Å². The number of ether oxygens (including phenoxy) is 1. The van der Waals surface area contributed by atoms with E-state index in [9.17, 15) is 0 Å². The predicted molar refractivity (Wildman–Crippen MR) is 22.9 cm³/mol. The van der Waals surface area contributed by atoms with Crippen LogP contribution in [0.4, 0.5) is 0 Å². The maximum Gasteiger partial charge on any atom is 0.291 e. The van der Waals surface area contributed by atoms with Gasteiger partial charge < -0.3 is 4.74 Å². The molecule has 0 aromatic rings. The lowest BCUT2D eigenvalue weighted by Crippen LogP contribution is -1.84. The number of hydrogen-bond donors (Lipinski definition) is 0. The molecular formula is C4H6NO+. The van der Waals surface area contributed by atoms with Crippen LogP contribution >= 0.6 is 0 Å². The first-order valence-electron chi connectivity index (χ1n) is 1.92. The molecule has 1 saturated heterocycles. The molecule has 0 bridgehead atoms. The molecule has 0 aromatic heterocycles. The monoisotopic (exact) mass is 84.0 g/mol. The summed E-state index contributed by atoms with van der Waals surface area (Å²) in [6, 6.07) is 0. The van der Waals surface area contributed by atoms with Gasteiger partial charge in [-0.2, -0.15) is 0 Å². The summed E-state index contributed by atoms with van der Waals surface area (Å²) in [6.45, 7) is 6.33. The predicted octanol–water partition coefficient (Wildman–Crippen LogP) is 0.348. The zero-order valence-corrected chi connectivity index (χ0v) is 3.42. The third kappa shape index (κ3) is 0.697. The molecular weight excluding hydrogens is 78.0 g/mol. The second kappa shape index (κ2) is 1.27. The maximum absolute atomic E-state index is 4.81. The van der Waals surface area contributed by atoms with Crippen LogP contribution in [-0.2, 0) is 4.74 Å². The number of epoxide rings is 1. The smallest absolute Gasteiger partial charge is 0.291 e. The zero-order chi connectivity index (χ0) is 4.41. The van der Waals surface area contributed by atoms with Gasteiger partial charge in [-0.05, 0) is 0 Å². The Morgan fingerprint density at radius 2 is 2.67 bits per heavy atom. The third-order valence-corrected chi connectivity index (χ3v) is 0.711. The number of nitrogens with zero attached hydrogens (tertiary/aromatic N) is 1. The average molecular weight is 84.1 g/mol. The van der Waals surface area contributed by atoms with E-state index in [0.29, 0.717) is 12.6 Å². The van der Waals surface area contributed by atoms with E-state index in [0.717, 1.165) is 6.61 Å². The van der Waals surface area contributed by atoms with Crippen LogP contribution in [0.25, 0.3) is 4.85 Å². The summed E-state index contributed by atoms with van der Waals surface area (Å²) in [5.74, 6) is 0. The Kier molecular flexibility index (Phi) is 0.771. The van der Waals surface area contributed by atoms with Gasteiger partial charge in [-0.3, -0.25) is 0 Å². The van der Waals surface area contributed by atoms with E-state index >= 15 is 0 Å². The van der Waals surface area contributed by atoms with Gasteiger partial charge in [0.2, 0.25) is 0 Å².